The van der Waals surface area contributed by atoms with Crippen LogP contribution in [0.4, 0.5) is 8.78 Å². The van der Waals surface area contributed by atoms with E-state index in [-0.39, 0.29) is 11.0 Å². The topological polar surface area (TPSA) is 44.8 Å². The first kappa shape index (κ1) is 19.1. The molecule has 0 amide bonds. The van der Waals surface area contributed by atoms with Crippen LogP contribution in [0.1, 0.15) is 29.8 Å². The minimum absolute atomic E-state index is 0.0783. The Labute approximate surface area is 156 Å². The molecule has 3 rings (SSSR count). The first-order chi connectivity index (χ1) is 12.6. The first-order valence-corrected chi connectivity index (χ1v) is 8.36. The van der Waals surface area contributed by atoms with E-state index < -0.39 is 30.3 Å². The Morgan fingerprint density at radius 2 is 1.85 bits per heavy atom. The van der Waals surface area contributed by atoms with Crippen LogP contribution in [0.2, 0.25) is 0 Å². The van der Waals surface area contributed by atoms with Crippen LogP contribution in [0.3, 0.4) is 0 Å². The number of methoxy groups -OCH3 is 1. The van der Waals surface area contributed by atoms with Crippen LogP contribution in [-0.4, -0.2) is 25.8 Å². The highest BCUT2D eigenvalue weighted by molar-refractivity contribution is 6.62. The lowest BCUT2D eigenvalue weighted by molar-refractivity contribution is 0.0600. The second-order valence-corrected chi connectivity index (χ2v) is 6.88. The summed E-state index contributed by atoms with van der Waals surface area (Å²) < 4.78 is 44.8. The van der Waals surface area contributed by atoms with Crippen LogP contribution in [-0.2, 0) is 14.0 Å². The smallest absolute Gasteiger partial charge is 0.534 e. The van der Waals surface area contributed by atoms with Crippen molar-refractivity contribution in [1.82, 2.24) is 0 Å². The predicted molar refractivity (Wildman–Crippen MR) is 98.6 cm³/mol. The molecular weight excluding hydrogens is 353 g/mol. The molecule has 4 nitrogen and oxygen atoms in total. The number of carbonyl (C=O) groups is 1. The molecule has 1 heterocycles. The number of benzene rings is 2. The molecule has 0 aliphatic carbocycles. The van der Waals surface area contributed by atoms with Gasteiger partial charge in [0.05, 0.1) is 18.4 Å². The number of hydrogen-bond donors (Lipinski definition) is 0. The summed E-state index contributed by atoms with van der Waals surface area (Å²) in [7, 11) is 0.274. The van der Waals surface area contributed by atoms with E-state index in [4.69, 9.17) is 9.31 Å². The molecule has 1 fully saturated rings. The Hall–Kier alpha value is -2.67. The van der Waals surface area contributed by atoms with E-state index >= 15 is 0 Å². The van der Waals surface area contributed by atoms with Crippen molar-refractivity contribution in [1.29, 1.82) is 0 Å². The van der Waals surface area contributed by atoms with Crippen molar-refractivity contribution in [3.63, 3.8) is 0 Å². The first-order valence-electron chi connectivity index (χ1n) is 8.36. The maximum atomic E-state index is 14.5. The fraction of sp³-hybridized carbons (Fsp3) is 0.250. The van der Waals surface area contributed by atoms with Gasteiger partial charge in [0.1, 0.15) is 17.2 Å². The highest BCUT2D eigenvalue weighted by atomic mass is 19.1. The molecule has 0 N–H and O–H groups in total. The molecule has 0 radical (unpaired) electrons. The zero-order chi connectivity index (χ0) is 19.9. The van der Waals surface area contributed by atoms with Gasteiger partial charge in [-0.25, -0.2) is 13.6 Å². The Kier molecular flexibility index (Phi) is 4.82. The Balaban J connectivity index is 2.05. The van der Waals surface area contributed by atoms with Crippen LogP contribution in [0.15, 0.2) is 42.7 Å². The van der Waals surface area contributed by atoms with E-state index in [0.717, 1.165) is 6.07 Å². The number of rotatable bonds is 3. The van der Waals surface area contributed by atoms with Gasteiger partial charge in [-0.2, -0.15) is 0 Å². The Bertz CT molecular complexity index is 940. The van der Waals surface area contributed by atoms with Gasteiger partial charge in [-0.1, -0.05) is 12.6 Å². The molecule has 7 heteroatoms. The molecule has 27 heavy (non-hydrogen) atoms. The zero-order valence-electron chi connectivity index (χ0n) is 15.6. The average molecular weight is 372 g/mol. The van der Waals surface area contributed by atoms with E-state index in [1.165, 1.54) is 19.2 Å². The van der Waals surface area contributed by atoms with Crippen LogP contribution in [0.5, 0.6) is 0 Å². The van der Waals surface area contributed by atoms with Crippen molar-refractivity contribution in [2.45, 2.75) is 26.4 Å². The lowest BCUT2D eigenvalue weighted by Gasteiger charge is -2.16. The molecule has 0 unspecified atom stereocenters. The fourth-order valence-corrected chi connectivity index (χ4v) is 2.92. The third-order valence-corrected chi connectivity index (χ3v) is 4.60. The average Bonchev–Trinajstić information content (AvgIpc) is 2.87. The number of hydrogen-bond acceptors (Lipinski definition) is 4. The second kappa shape index (κ2) is 6.81. The van der Waals surface area contributed by atoms with Gasteiger partial charge in [0.2, 0.25) is 0 Å². The summed E-state index contributed by atoms with van der Waals surface area (Å²) in [6, 6.07) is 6.89. The standard InChI is InChI=1S/C20H19BF2O4/c1-11-8-13(19(24)25-5)6-7-14(11)15-9-16(18(23)10-17(15)22)21-26-12(2)20(3,4)27-21/h6-10H,2H2,1,3-5H3. The number of carbonyl (C=O) groups excluding carboxylic acids is 1. The maximum absolute atomic E-state index is 14.5. The van der Waals surface area contributed by atoms with Crippen molar-refractivity contribution in [2.24, 2.45) is 0 Å². The summed E-state index contributed by atoms with van der Waals surface area (Å²) in [5, 5.41) is 0. The lowest BCUT2D eigenvalue weighted by Crippen LogP contribution is -2.37. The SMILES string of the molecule is C=C1OB(c2cc(-c3ccc(C(=O)OC)cc3C)c(F)cc2F)OC1(C)C. The highest BCUT2D eigenvalue weighted by Gasteiger charge is 2.44. The van der Waals surface area contributed by atoms with Gasteiger partial charge >= 0.3 is 13.1 Å². The van der Waals surface area contributed by atoms with Crippen LogP contribution in [0.25, 0.3) is 11.1 Å². The largest absolute Gasteiger partial charge is 0.566 e. The Morgan fingerprint density at radius 3 is 2.41 bits per heavy atom. The monoisotopic (exact) mass is 372 g/mol. The summed E-state index contributed by atoms with van der Waals surface area (Å²) in [5.41, 5.74) is 1.01. The quantitative estimate of drug-likeness (QED) is 0.608. The molecule has 0 saturated carbocycles. The molecule has 0 atom stereocenters. The molecule has 0 aromatic heterocycles. The summed E-state index contributed by atoms with van der Waals surface area (Å²) in [4.78, 5) is 11.7. The van der Waals surface area contributed by atoms with Gasteiger partial charge in [-0.3, -0.25) is 0 Å². The lowest BCUT2D eigenvalue weighted by atomic mass is 9.77. The van der Waals surface area contributed by atoms with E-state index in [1.807, 2.05) is 0 Å². The van der Waals surface area contributed by atoms with Crippen LogP contribution in [0, 0.1) is 18.6 Å². The van der Waals surface area contributed by atoms with Crippen molar-refractivity contribution in [3.05, 3.63) is 65.4 Å². The van der Waals surface area contributed by atoms with Crippen molar-refractivity contribution in [2.75, 3.05) is 7.11 Å². The summed E-state index contributed by atoms with van der Waals surface area (Å²) in [6.07, 6.45) is 0. The fourth-order valence-electron chi connectivity index (χ4n) is 2.92. The van der Waals surface area contributed by atoms with E-state index in [9.17, 15) is 13.6 Å². The second-order valence-electron chi connectivity index (χ2n) is 6.88. The molecule has 0 spiro atoms. The normalized spacial score (nSPS) is 15.6. The van der Waals surface area contributed by atoms with Gasteiger partial charge in [0.15, 0.2) is 0 Å². The predicted octanol–water partition coefficient (Wildman–Crippen LogP) is 3.76. The van der Waals surface area contributed by atoms with Gasteiger partial charge in [0.25, 0.3) is 0 Å². The highest BCUT2D eigenvalue weighted by Crippen LogP contribution is 2.31. The van der Waals surface area contributed by atoms with Crippen molar-refractivity contribution >= 4 is 18.6 Å². The van der Waals surface area contributed by atoms with Gasteiger partial charge < -0.3 is 14.0 Å². The van der Waals surface area contributed by atoms with Crippen molar-refractivity contribution < 1.29 is 27.6 Å². The van der Waals surface area contributed by atoms with Crippen LogP contribution < -0.4 is 5.46 Å². The molecule has 1 aliphatic rings. The summed E-state index contributed by atoms with van der Waals surface area (Å²) >= 11 is 0. The van der Waals surface area contributed by atoms with Gasteiger partial charge in [-0.05, 0) is 50.1 Å². The zero-order valence-corrected chi connectivity index (χ0v) is 15.6. The number of halogens is 2. The third-order valence-electron chi connectivity index (χ3n) is 4.60. The summed E-state index contributed by atoms with van der Waals surface area (Å²) in [5.74, 6) is -1.60. The molecule has 0 bridgehead atoms. The molecule has 2 aromatic carbocycles. The van der Waals surface area contributed by atoms with Crippen molar-refractivity contribution in [3.8, 4) is 11.1 Å². The third kappa shape index (κ3) is 3.47. The van der Waals surface area contributed by atoms with E-state index in [1.54, 1.807) is 32.9 Å². The molecule has 1 aliphatic heterocycles. The number of esters is 1. The van der Waals surface area contributed by atoms with Crippen LogP contribution >= 0.6 is 0 Å². The van der Waals surface area contributed by atoms with Gasteiger partial charge in [-0.15, -0.1) is 0 Å². The number of ether oxygens (including phenoxy) is 1. The molecule has 140 valence electrons. The number of aryl methyl sites for hydroxylation is 1. The molecule has 2 aromatic rings. The van der Waals surface area contributed by atoms with Gasteiger partial charge in [0, 0.05) is 17.1 Å². The molecule has 1 saturated heterocycles. The van der Waals surface area contributed by atoms with E-state index in [0.29, 0.717) is 22.4 Å². The maximum Gasteiger partial charge on any atom is 0.566 e. The minimum Gasteiger partial charge on any atom is -0.534 e. The molecular formula is C20H19BF2O4. The Morgan fingerprint density at radius 1 is 1.15 bits per heavy atom. The summed E-state index contributed by atoms with van der Waals surface area (Å²) in [6.45, 7) is 9.02. The van der Waals surface area contributed by atoms with E-state index in [2.05, 4.69) is 11.3 Å². The minimum atomic E-state index is -1.01.